The maximum atomic E-state index is 12.0. The summed E-state index contributed by atoms with van der Waals surface area (Å²) < 4.78 is 0. The van der Waals surface area contributed by atoms with Gasteiger partial charge in [0.05, 0.1) is 18.6 Å². The summed E-state index contributed by atoms with van der Waals surface area (Å²) in [6.07, 6.45) is -1.41. The quantitative estimate of drug-likeness (QED) is 0.659. The van der Waals surface area contributed by atoms with Crippen LogP contribution in [0.15, 0.2) is 24.3 Å². The molecule has 0 bridgehead atoms. The van der Waals surface area contributed by atoms with Crippen LogP contribution in [0.5, 0.6) is 0 Å². The first-order valence-electron chi connectivity index (χ1n) is 6.02. The van der Waals surface area contributed by atoms with Crippen molar-refractivity contribution in [1.29, 1.82) is 0 Å². The number of benzene rings is 1. The van der Waals surface area contributed by atoms with Crippen LogP contribution in [0.25, 0.3) is 0 Å². The van der Waals surface area contributed by atoms with Crippen LogP contribution in [-0.2, 0) is 17.8 Å². The van der Waals surface area contributed by atoms with E-state index < -0.39 is 12.2 Å². The number of likely N-dealkylation sites (tertiary alicyclic amines) is 1. The van der Waals surface area contributed by atoms with Gasteiger partial charge in [-0.15, -0.1) is 0 Å². The summed E-state index contributed by atoms with van der Waals surface area (Å²) in [6, 6.07) is 7.54. The molecule has 18 heavy (non-hydrogen) atoms. The monoisotopic (exact) mass is 250 g/mol. The normalized spacial score (nSPS) is 23.4. The second-order valence-electron chi connectivity index (χ2n) is 4.58. The molecule has 0 radical (unpaired) electrons. The van der Waals surface area contributed by atoms with E-state index in [1.165, 1.54) is 4.90 Å². The molecule has 98 valence electrons. The molecule has 2 atom stereocenters. The fourth-order valence-electron chi connectivity index (χ4n) is 2.18. The van der Waals surface area contributed by atoms with Gasteiger partial charge in [0, 0.05) is 19.6 Å². The Bertz CT molecular complexity index is 426. The Hall–Kier alpha value is -1.43. The summed E-state index contributed by atoms with van der Waals surface area (Å²) in [6.45, 7) is 0.796. The number of carbonyl (C=O) groups excluding carboxylic acids is 1. The van der Waals surface area contributed by atoms with Crippen molar-refractivity contribution < 1.29 is 15.0 Å². The minimum absolute atomic E-state index is 0.0912. The number of hydrogen-bond acceptors (Lipinski definition) is 4. The van der Waals surface area contributed by atoms with Gasteiger partial charge in [0.1, 0.15) is 0 Å². The first kappa shape index (κ1) is 13.0. The lowest BCUT2D eigenvalue weighted by Gasteiger charge is -2.16. The zero-order chi connectivity index (χ0) is 13.1. The van der Waals surface area contributed by atoms with Crippen molar-refractivity contribution in [1.82, 2.24) is 4.90 Å². The van der Waals surface area contributed by atoms with Crippen molar-refractivity contribution in [3.63, 3.8) is 0 Å². The number of aliphatic hydroxyl groups excluding tert-OH is 2. The number of amides is 1. The molecule has 1 saturated heterocycles. The Morgan fingerprint density at radius 1 is 1.22 bits per heavy atom. The van der Waals surface area contributed by atoms with Gasteiger partial charge in [-0.05, 0) is 11.1 Å². The molecule has 2 unspecified atom stereocenters. The standard InChI is InChI=1S/C13H18N2O3/c14-6-10-4-2-1-3-9(10)5-13(18)15-7-11(16)12(17)8-15/h1-4,11-12,16-17H,5-8,14H2. The molecule has 1 heterocycles. The van der Waals surface area contributed by atoms with E-state index in [1.54, 1.807) is 0 Å². The molecule has 0 aliphatic carbocycles. The molecule has 0 saturated carbocycles. The lowest BCUT2D eigenvalue weighted by molar-refractivity contribution is -0.130. The SMILES string of the molecule is NCc1ccccc1CC(=O)N1CC(O)C(O)C1. The van der Waals surface area contributed by atoms with Crippen LogP contribution >= 0.6 is 0 Å². The topological polar surface area (TPSA) is 86.8 Å². The Morgan fingerprint density at radius 2 is 1.78 bits per heavy atom. The lowest BCUT2D eigenvalue weighted by atomic mass is 10.0. The van der Waals surface area contributed by atoms with Crippen molar-refractivity contribution in [2.75, 3.05) is 13.1 Å². The largest absolute Gasteiger partial charge is 0.388 e. The zero-order valence-corrected chi connectivity index (χ0v) is 10.1. The third-order valence-corrected chi connectivity index (χ3v) is 3.29. The average Bonchev–Trinajstić information content (AvgIpc) is 2.70. The molecule has 5 nitrogen and oxygen atoms in total. The number of rotatable bonds is 3. The highest BCUT2D eigenvalue weighted by molar-refractivity contribution is 5.79. The third-order valence-electron chi connectivity index (χ3n) is 3.29. The van der Waals surface area contributed by atoms with Crippen molar-refractivity contribution in [2.24, 2.45) is 5.73 Å². The van der Waals surface area contributed by atoms with Gasteiger partial charge in [-0.25, -0.2) is 0 Å². The molecule has 2 rings (SSSR count). The fourth-order valence-corrected chi connectivity index (χ4v) is 2.18. The number of nitrogens with zero attached hydrogens (tertiary/aromatic N) is 1. The third kappa shape index (κ3) is 2.69. The molecule has 4 N–H and O–H groups in total. The summed E-state index contributed by atoms with van der Waals surface area (Å²) in [5.74, 6) is -0.0912. The number of aliphatic hydroxyl groups is 2. The summed E-state index contributed by atoms with van der Waals surface area (Å²) in [5, 5.41) is 18.8. The van der Waals surface area contributed by atoms with Gasteiger partial charge in [-0.3, -0.25) is 4.79 Å². The van der Waals surface area contributed by atoms with E-state index >= 15 is 0 Å². The van der Waals surface area contributed by atoms with E-state index in [9.17, 15) is 15.0 Å². The summed E-state index contributed by atoms with van der Waals surface area (Å²) in [5.41, 5.74) is 7.47. The van der Waals surface area contributed by atoms with E-state index in [0.717, 1.165) is 11.1 Å². The average molecular weight is 250 g/mol. The minimum atomic E-state index is -0.835. The molecule has 1 fully saturated rings. The molecule has 0 aromatic heterocycles. The van der Waals surface area contributed by atoms with E-state index in [0.29, 0.717) is 6.54 Å². The van der Waals surface area contributed by atoms with Gasteiger partial charge >= 0.3 is 0 Å². The summed E-state index contributed by atoms with van der Waals surface area (Å²) in [4.78, 5) is 13.5. The molecule has 0 spiro atoms. The zero-order valence-electron chi connectivity index (χ0n) is 10.1. The van der Waals surface area contributed by atoms with Crippen LogP contribution in [0, 0.1) is 0 Å². The summed E-state index contributed by atoms with van der Waals surface area (Å²) >= 11 is 0. The highest BCUT2D eigenvalue weighted by Gasteiger charge is 2.32. The van der Waals surface area contributed by atoms with E-state index in [2.05, 4.69) is 0 Å². The van der Waals surface area contributed by atoms with Crippen LogP contribution < -0.4 is 5.73 Å². The smallest absolute Gasteiger partial charge is 0.227 e. The van der Waals surface area contributed by atoms with Crippen LogP contribution in [0.1, 0.15) is 11.1 Å². The van der Waals surface area contributed by atoms with Gasteiger partial charge in [0.15, 0.2) is 0 Å². The maximum absolute atomic E-state index is 12.0. The first-order valence-corrected chi connectivity index (χ1v) is 6.02. The predicted octanol–water partition coefficient (Wildman–Crippen LogP) is -0.748. The number of carbonyl (C=O) groups is 1. The van der Waals surface area contributed by atoms with Crippen molar-refractivity contribution in [3.05, 3.63) is 35.4 Å². The minimum Gasteiger partial charge on any atom is -0.388 e. The molecular weight excluding hydrogens is 232 g/mol. The molecule has 1 aliphatic rings. The first-order chi connectivity index (χ1) is 8.61. The summed E-state index contributed by atoms with van der Waals surface area (Å²) in [7, 11) is 0. The van der Waals surface area contributed by atoms with Crippen LogP contribution in [0.3, 0.4) is 0 Å². The van der Waals surface area contributed by atoms with E-state index in [1.807, 2.05) is 24.3 Å². The predicted molar refractivity (Wildman–Crippen MR) is 66.6 cm³/mol. The van der Waals surface area contributed by atoms with Crippen molar-refractivity contribution in [2.45, 2.75) is 25.2 Å². The van der Waals surface area contributed by atoms with Gasteiger partial charge in [-0.2, -0.15) is 0 Å². The van der Waals surface area contributed by atoms with E-state index in [-0.39, 0.29) is 25.4 Å². The van der Waals surface area contributed by atoms with E-state index in [4.69, 9.17) is 5.73 Å². The van der Waals surface area contributed by atoms with Gasteiger partial charge in [-0.1, -0.05) is 24.3 Å². The molecule has 1 aromatic rings. The molecule has 1 aliphatic heterocycles. The second kappa shape index (κ2) is 5.48. The van der Waals surface area contributed by atoms with Gasteiger partial charge in [0.25, 0.3) is 0 Å². The number of β-amino-alcohol motifs (C(OH)–C–C–N with tert-alkyl or cyclic N) is 2. The second-order valence-corrected chi connectivity index (χ2v) is 4.58. The van der Waals surface area contributed by atoms with Crippen molar-refractivity contribution >= 4 is 5.91 Å². The highest BCUT2D eigenvalue weighted by atomic mass is 16.3. The van der Waals surface area contributed by atoms with Gasteiger partial charge in [0.2, 0.25) is 5.91 Å². The highest BCUT2D eigenvalue weighted by Crippen LogP contribution is 2.14. The maximum Gasteiger partial charge on any atom is 0.227 e. The van der Waals surface area contributed by atoms with Crippen LogP contribution in [0.4, 0.5) is 0 Å². The molecule has 1 aromatic carbocycles. The van der Waals surface area contributed by atoms with Gasteiger partial charge < -0.3 is 20.8 Å². The molecular formula is C13H18N2O3. The fraction of sp³-hybridized carbons (Fsp3) is 0.462. The Balaban J connectivity index is 2.03. The van der Waals surface area contributed by atoms with Crippen molar-refractivity contribution in [3.8, 4) is 0 Å². The Morgan fingerprint density at radius 3 is 2.33 bits per heavy atom. The van der Waals surface area contributed by atoms with Crippen LogP contribution in [-0.4, -0.2) is 46.3 Å². The number of hydrogen-bond donors (Lipinski definition) is 3. The number of nitrogens with two attached hydrogens (primary N) is 1. The Labute approximate surface area is 106 Å². The molecule has 1 amide bonds. The molecule has 5 heteroatoms. The van der Waals surface area contributed by atoms with Crippen LogP contribution in [0.2, 0.25) is 0 Å². The lowest BCUT2D eigenvalue weighted by Crippen LogP contribution is -2.31. The Kier molecular flexibility index (Phi) is 3.96.